The second-order valence-corrected chi connectivity index (χ2v) is 6.00. The minimum absolute atomic E-state index is 0.0929. The maximum absolute atomic E-state index is 12.2. The van der Waals surface area contributed by atoms with Gasteiger partial charge in [-0.2, -0.15) is 10.1 Å². The average molecular weight is 302 g/mol. The molecule has 2 aromatic heterocycles. The number of carbonyl (C=O) groups excluding carboxylic acids is 1. The number of H-pyrrole nitrogens is 1. The number of hydrogen-bond acceptors (Lipinski definition) is 4. The summed E-state index contributed by atoms with van der Waals surface area (Å²) in [5, 5.41) is 14.0. The summed E-state index contributed by atoms with van der Waals surface area (Å²) < 4.78 is 1.75. The highest BCUT2D eigenvalue weighted by molar-refractivity contribution is 5.90. The lowest BCUT2D eigenvalue weighted by atomic mass is 9.89. The Hall–Kier alpha value is -2.18. The Morgan fingerprint density at radius 3 is 3.00 bits per heavy atom. The van der Waals surface area contributed by atoms with Gasteiger partial charge in [0.2, 0.25) is 11.9 Å². The molecule has 1 amide bonds. The highest BCUT2D eigenvalue weighted by Gasteiger charge is 2.21. The molecule has 0 bridgehead atoms. The van der Waals surface area contributed by atoms with Crippen molar-refractivity contribution in [1.29, 1.82) is 0 Å². The van der Waals surface area contributed by atoms with Crippen LogP contribution in [0.4, 0.5) is 5.95 Å². The van der Waals surface area contributed by atoms with Gasteiger partial charge in [0, 0.05) is 18.3 Å². The molecule has 1 fully saturated rings. The Labute approximate surface area is 129 Å². The molecule has 1 unspecified atom stereocenters. The summed E-state index contributed by atoms with van der Waals surface area (Å²) in [5.74, 6) is 1.43. The van der Waals surface area contributed by atoms with Crippen LogP contribution in [0.5, 0.6) is 0 Å². The van der Waals surface area contributed by atoms with Gasteiger partial charge in [0.15, 0.2) is 0 Å². The number of carbonyl (C=O) groups is 1. The van der Waals surface area contributed by atoms with Crippen LogP contribution in [-0.4, -0.2) is 30.9 Å². The average Bonchev–Trinajstić information content (AvgIpc) is 3.20. The van der Waals surface area contributed by atoms with Crippen LogP contribution in [-0.2, 0) is 11.3 Å². The van der Waals surface area contributed by atoms with Crippen molar-refractivity contribution in [2.45, 2.75) is 51.5 Å². The summed E-state index contributed by atoms with van der Waals surface area (Å²) in [5.41, 5.74) is 0. The molecule has 0 saturated heterocycles. The largest absolute Gasteiger partial charge is 0.293 e. The molecule has 2 heterocycles. The van der Waals surface area contributed by atoms with Crippen molar-refractivity contribution in [3.05, 3.63) is 24.3 Å². The van der Waals surface area contributed by atoms with Crippen molar-refractivity contribution in [2.24, 2.45) is 5.92 Å². The molecular formula is C15H22N6O. The fourth-order valence-electron chi connectivity index (χ4n) is 2.89. The lowest BCUT2D eigenvalue weighted by Gasteiger charge is -2.18. The topological polar surface area (TPSA) is 88.5 Å². The van der Waals surface area contributed by atoms with Gasteiger partial charge >= 0.3 is 0 Å². The van der Waals surface area contributed by atoms with Crippen molar-refractivity contribution in [3.8, 4) is 0 Å². The predicted octanol–water partition coefficient (Wildman–Crippen LogP) is 2.32. The zero-order chi connectivity index (χ0) is 15.4. The summed E-state index contributed by atoms with van der Waals surface area (Å²) >= 11 is 0. The van der Waals surface area contributed by atoms with E-state index in [1.165, 1.54) is 19.3 Å². The lowest BCUT2D eigenvalue weighted by Crippen LogP contribution is -2.25. The van der Waals surface area contributed by atoms with Gasteiger partial charge in [-0.15, -0.1) is 5.10 Å². The second-order valence-electron chi connectivity index (χ2n) is 6.00. The Morgan fingerprint density at radius 1 is 1.45 bits per heavy atom. The zero-order valence-electron chi connectivity index (χ0n) is 12.8. The van der Waals surface area contributed by atoms with E-state index in [1.807, 2.05) is 19.2 Å². The summed E-state index contributed by atoms with van der Waals surface area (Å²) in [6, 6.07) is 1.84. The van der Waals surface area contributed by atoms with Crippen LogP contribution in [0.15, 0.2) is 18.5 Å². The normalized spacial score (nSPS) is 17.3. The lowest BCUT2D eigenvalue weighted by molar-refractivity contribution is -0.119. The zero-order valence-corrected chi connectivity index (χ0v) is 12.8. The van der Waals surface area contributed by atoms with Gasteiger partial charge in [0.05, 0.1) is 12.5 Å². The SMILES string of the molecule is CC(Cn1cccn1)C(=O)Nc1n[nH]c(C2CCCCC2)n1. The molecule has 0 aliphatic heterocycles. The van der Waals surface area contributed by atoms with E-state index >= 15 is 0 Å². The van der Waals surface area contributed by atoms with E-state index in [2.05, 4.69) is 25.6 Å². The van der Waals surface area contributed by atoms with Gasteiger partial charge in [-0.3, -0.25) is 19.9 Å². The highest BCUT2D eigenvalue weighted by atomic mass is 16.2. The Bertz CT molecular complexity index is 599. The summed E-state index contributed by atoms with van der Waals surface area (Å²) in [6.07, 6.45) is 9.64. The molecule has 1 saturated carbocycles. The Kier molecular flexibility index (Phi) is 4.50. The van der Waals surface area contributed by atoms with E-state index in [-0.39, 0.29) is 11.8 Å². The summed E-state index contributed by atoms with van der Waals surface area (Å²) in [7, 11) is 0. The molecule has 118 valence electrons. The smallest absolute Gasteiger partial charge is 0.248 e. The molecule has 0 radical (unpaired) electrons. The first-order chi connectivity index (χ1) is 10.7. The minimum Gasteiger partial charge on any atom is -0.293 e. The number of aromatic nitrogens is 5. The van der Waals surface area contributed by atoms with Gasteiger partial charge in [0.1, 0.15) is 5.82 Å². The molecule has 0 aromatic carbocycles. The van der Waals surface area contributed by atoms with Crippen molar-refractivity contribution in [1.82, 2.24) is 25.0 Å². The van der Waals surface area contributed by atoms with E-state index in [0.717, 1.165) is 18.7 Å². The number of nitrogens with zero attached hydrogens (tertiary/aromatic N) is 4. The standard InChI is InChI=1S/C15H22N6O/c1-11(10-21-9-5-8-16-21)14(22)18-15-17-13(19-20-15)12-6-3-2-4-7-12/h5,8-9,11-12H,2-4,6-7,10H2,1H3,(H2,17,18,19,20,22). The quantitative estimate of drug-likeness (QED) is 0.887. The second kappa shape index (κ2) is 6.72. The summed E-state index contributed by atoms with van der Waals surface area (Å²) in [4.78, 5) is 16.6. The van der Waals surface area contributed by atoms with E-state index < -0.39 is 0 Å². The van der Waals surface area contributed by atoms with Crippen LogP contribution < -0.4 is 5.32 Å². The van der Waals surface area contributed by atoms with Crippen molar-refractivity contribution < 1.29 is 4.79 Å². The van der Waals surface area contributed by atoms with Gasteiger partial charge in [-0.1, -0.05) is 26.2 Å². The molecule has 0 spiro atoms. The van der Waals surface area contributed by atoms with E-state index in [1.54, 1.807) is 10.9 Å². The third-order valence-corrected chi connectivity index (χ3v) is 4.20. The summed E-state index contributed by atoms with van der Waals surface area (Å²) in [6.45, 7) is 2.41. The number of nitrogens with one attached hydrogen (secondary N) is 2. The molecule has 2 aromatic rings. The molecule has 1 atom stereocenters. The third kappa shape index (κ3) is 3.52. The first kappa shape index (κ1) is 14.7. The van der Waals surface area contributed by atoms with Crippen molar-refractivity contribution >= 4 is 11.9 Å². The van der Waals surface area contributed by atoms with Gasteiger partial charge in [-0.05, 0) is 18.9 Å². The van der Waals surface area contributed by atoms with Gasteiger partial charge in [0.25, 0.3) is 0 Å². The Balaban J connectivity index is 1.56. The molecule has 2 N–H and O–H groups in total. The van der Waals surface area contributed by atoms with E-state index in [9.17, 15) is 4.79 Å². The molecule has 1 aliphatic rings. The maximum atomic E-state index is 12.2. The van der Waals surface area contributed by atoms with Gasteiger partial charge < -0.3 is 0 Å². The van der Waals surface area contributed by atoms with Crippen LogP contribution >= 0.6 is 0 Å². The predicted molar refractivity (Wildman–Crippen MR) is 82.2 cm³/mol. The number of hydrogen-bond donors (Lipinski definition) is 2. The van der Waals surface area contributed by atoms with Crippen molar-refractivity contribution in [2.75, 3.05) is 5.32 Å². The van der Waals surface area contributed by atoms with Gasteiger partial charge in [-0.25, -0.2) is 0 Å². The Morgan fingerprint density at radius 2 is 2.27 bits per heavy atom. The van der Waals surface area contributed by atoms with Crippen LogP contribution in [0.3, 0.4) is 0 Å². The monoisotopic (exact) mass is 302 g/mol. The number of aromatic amines is 1. The molecular weight excluding hydrogens is 280 g/mol. The number of anilines is 1. The van der Waals surface area contributed by atoms with Crippen LogP contribution in [0.2, 0.25) is 0 Å². The van der Waals surface area contributed by atoms with Crippen LogP contribution in [0, 0.1) is 5.92 Å². The molecule has 3 rings (SSSR count). The number of rotatable bonds is 5. The van der Waals surface area contributed by atoms with Crippen LogP contribution in [0.25, 0.3) is 0 Å². The molecule has 7 heteroatoms. The number of amides is 1. The molecule has 22 heavy (non-hydrogen) atoms. The fourth-order valence-corrected chi connectivity index (χ4v) is 2.89. The van der Waals surface area contributed by atoms with Crippen molar-refractivity contribution in [3.63, 3.8) is 0 Å². The molecule has 1 aliphatic carbocycles. The third-order valence-electron chi connectivity index (χ3n) is 4.20. The highest BCUT2D eigenvalue weighted by Crippen LogP contribution is 2.30. The minimum atomic E-state index is -0.198. The fraction of sp³-hybridized carbons (Fsp3) is 0.600. The van der Waals surface area contributed by atoms with Crippen LogP contribution in [0.1, 0.15) is 50.8 Å². The first-order valence-corrected chi connectivity index (χ1v) is 7.93. The maximum Gasteiger partial charge on any atom is 0.248 e. The van der Waals surface area contributed by atoms with E-state index in [0.29, 0.717) is 18.4 Å². The van der Waals surface area contributed by atoms with E-state index in [4.69, 9.17) is 0 Å². The molecule has 7 nitrogen and oxygen atoms in total. The first-order valence-electron chi connectivity index (χ1n) is 7.93.